The molecule has 0 heterocycles. The summed E-state index contributed by atoms with van der Waals surface area (Å²) >= 11 is 0. The van der Waals surface area contributed by atoms with E-state index in [1.54, 1.807) is 0 Å². The van der Waals surface area contributed by atoms with Crippen molar-refractivity contribution in [1.82, 2.24) is 0 Å². The molecular formula is C2F3O3. The molecule has 0 aromatic heterocycles. The fourth-order valence-corrected chi connectivity index (χ4v) is 0.0945. The molecule has 0 saturated heterocycles. The average molecular weight is 129 g/mol. The van der Waals surface area contributed by atoms with Crippen molar-refractivity contribution < 1.29 is 27.8 Å². The number of carbonyl (C=O) groups is 1. The van der Waals surface area contributed by atoms with Gasteiger partial charge in [0.1, 0.15) is 0 Å². The summed E-state index contributed by atoms with van der Waals surface area (Å²) in [6, 6.07) is 0. The van der Waals surface area contributed by atoms with Gasteiger partial charge in [-0.25, -0.2) is 0 Å². The highest BCUT2D eigenvalue weighted by Crippen LogP contribution is 2.15. The third kappa shape index (κ3) is 5.06. The zero-order chi connectivity index (χ0) is 6.78. The molecule has 0 rings (SSSR count). The topological polar surface area (TPSA) is 46.2 Å². The summed E-state index contributed by atoms with van der Waals surface area (Å²) in [4.78, 5) is 8.96. The summed E-state index contributed by atoms with van der Waals surface area (Å²) in [5, 5.41) is 8.96. The number of halogens is 3. The van der Waals surface area contributed by atoms with Crippen LogP contribution in [-0.4, -0.2) is 12.5 Å². The predicted octanol–water partition coefficient (Wildman–Crippen LogP) is 1.07. The number of hydrogen-bond donors (Lipinski definition) is 0. The molecule has 0 spiro atoms. The molecule has 3 nitrogen and oxygen atoms in total. The van der Waals surface area contributed by atoms with Gasteiger partial charge in [-0.05, 0) is 0 Å². The van der Waals surface area contributed by atoms with E-state index in [2.05, 4.69) is 4.74 Å². The van der Waals surface area contributed by atoms with Crippen molar-refractivity contribution in [3.8, 4) is 0 Å². The van der Waals surface area contributed by atoms with Gasteiger partial charge in [0.2, 0.25) is 0 Å². The molecule has 0 aromatic carbocycles. The summed E-state index contributed by atoms with van der Waals surface area (Å²) in [6.07, 6.45) is -7.74. The predicted molar refractivity (Wildman–Crippen MR) is 13.2 cm³/mol. The van der Waals surface area contributed by atoms with E-state index in [4.69, 9.17) is 9.90 Å². The number of hydrogen-bond acceptors (Lipinski definition) is 2. The van der Waals surface area contributed by atoms with Crippen molar-refractivity contribution in [3.05, 3.63) is 0 Å². The lowest BCUT2D eigenvalue weighted by Gasteiger charge is -1.98. The highest BCUT2D eigenvalue weighted by Gasteiger charge is 2.34. The van der Waals surface area contributed by atoms with E-state index in [0.29, 0.717) is 0 Å². The van der Waals surface area contributed by atoms with Gasteiger partial charge in [-0.15, -0.1) is 13.2 Å². The van der Waals surface area contributed by atoms with Crippen LogP contribution in [0.3, 0.4) is 0 Å². The van der Waals surface area contributed by atoms with Crippen LogP contribution in [0, 0.1) is 0 Å². The van der Waals surface area contributed by atoms with Crippen LogP contribution in [-0.2, 0) is 9.84 Å². The van der Waals surface area contributed by atoms with Crippen LogP contribution in [0.25, 0.3) is 0 Å². The molecule has 0 atom stereocenters. The van der Waals surface area contributed by atoms with Crippen molar-refractivity contribution in [2.75, 3.05) is 0 Å². The SMILES string of the molecule is [O]C(=O)OC(F)(F)F. The number of alkyl halides is 3. The molecule has 47 valence electrons. The van der Waals surface area contributed by atoms with E-state index in [-0.39, 0.29) is 0 Å². The largest absolute Gasteiger partial charge is 0.577 e. The summed E-state index contributed by atoms with van der Waals surface area (Å²) in [6.45, 7) is 0. The third-order valence-corrected chi connectivity index (χ3v) is 0.199. The Balaban J connectivity index is 3.55. The molecule has 0 N–H and O–H groups in total. The van der Waals surface area contributed by atoms with Crippen molar-refractivity contribution >= 4 is 6.16 Å². The molecule has 1 radical (unpaired) electrons. The van der Waals surface area contributed by atoms with Crippen LogP contribution in [0.4, 0.5) is 18.0 Å². The standard InChI is InChI=1S/C2F3O3/c3-2(4,5)8-1(6)7. The first-order chi connectivity index (χ1) is 3.42. The second-order valence-corrected chi connectivity index (χ2v) is 0.798. The lowest BCUT2D eigenvalue weighted by molar-refractivity contribution is -0.299. The third-order valence-electron chi connectivity index (χ3n) is 0.199. The molecular weight excluding hydrogens is 129 g/mol. The molecule has 0 unspecified atom stereocenters. The van der Waals surface area contributed by atoms with Gasteiger partial charge < -0.3 is 4.74 Å². The Bertz CT molecular complexity index is 95.2. The Morgan fingerprint density at radius 3 is 1.75 bits per heavy atom. The maximum absolute atomic E-state index is 10.7. The van der Waals surface area contributed by atoms with Gasteiger partial charge in [0.25, 0.3) is 0 Å². The maximum atomic E-state index is 10.7. The van der Waals surface area contributed by atoms with E-state index in [9.17, 15) is 13.2 Å². The molecule has 0 saturated carbocycles. The Labute approximate surface area is 41.7 Å². The second kappa shape index (κ2) is 1.89. The fourth-order valence-electron chi connectivity index (χ4n) is 0.0945. The normalized spacial score (nSPS) is 10.9. The number of rotatable bonds is 0. The van der Waals surface area contributed by atoms with Crippen molar-refractivity contribution in [2.45, 2.75) is 6.36 Å². The van der Waals surface area contributed by atoms with E-state index in [1.165, 1.54) is 0 Å². The van der Waals surface area contributed by atoms with Crippen LogP contribution in [0.2, 0.25) is 0 Å². The quantitative estimate of drug-likeness (QED) is 0.459. The summed E-state index contributed by atoms with van der Waals surface area (Å²) < 4.78 is 34.2. The van der Waals surface area contributed by atoms with Gasteiger partial charge in [-0.3, -0.25) is 0 Å². The van der Waals surface area contributed by atoms with Gasteiger partial charge >= 0.3 is 12.5 Å². The first-order valence-electron chi connectivity index (χ1n) is 1.38. The maximum Gasteiger partial charge on any atom is 0.577 e. The van der Waals surface area contributed by atoms with E-state index >= 15 is 0 Å². The molecule has 0 aromatic rings. The highest BCUT2D eigenvalue weighted by molar-refractivity contribution is 5.56. The first kappa shape index (κ1) is 7.06. The lowest BCUT2D eigenvalue weighted by atomic mass is 11.2. The summed E-state index contributed by atoms with van der Waals surface area (Å²) in [5.74, 6) is 0. The zero-order valence-corrected chi connectivity index (χ0v) is 3.36. The minimum absolute atomic E-state index is 2.24. The molecule has 8 heavy (non-hydrogen) atoms. The minimum atomic E-state index is -5.14. The monoisotopic (exact) mass is 129 g/mol. The van der Waals surface area contributed by atoms with Crippen LogP contribution in [0.5, 0.6) is 0 Å². The van der Waals surface area contributed by atoms with Crippen LogP contribution < -0.4 is 0 Å². The Kier molecular flexibility index (Phi) is 1.67. The molecule has 0 fully saturated rings. The molecule has 0 aliphatic carbocycles. The summed E-state index contributed by atoms with van der Waals surface area (Å²) in [5.41, 5.74) is 0. The van der Waals surface area contributed by atoms with Crippen LogP contribution >= 0.6 is 0 Å². The van der Waals surface area contributed by atoms with Gasteiger partial charge in [0, 0.05) is 0 Å². The van der Waals surface area contributed by atoms with Gasteiger partial charge in [-0.1, -0.05) is 0 Å². The molecule has 6 heteroatoms. The van der Waals surface area contributed by atoms with Crippen molar-refractivity contribution in [1.29, 1.82) is 0 Å². The molecule has 0 bridgehead atoms. The lowest BCUT2D eigenvalue weighted by Crippen LogP contribution is -2.16. The van der Waals surface area contributed by atoms with Gasteiger partial charge in [0.05, 0.1) is 0 Å². The van der Waals surface area contributed by atoms with Crippen molar-refractivity contribution in [2.24, 2.45) is 0 Å². The van der Waals surface area contributed by atoms with E-state index in [1.807, 2.05) is 0 Å². The second-order valence-electron chi connectivity index (χ2n) is 0.798. The molecule has 0 amide bonds. The first-order valence-corrected chi connectivity index (χ1v) is 1.38. The highest BCUT2D eigenvalue weighted by atomic mass is 19.4. The fraction of sp³-hybridized carbons (Fsp3) is 0.500. The molecule has 0 aliphatic heterocycles. The number of carbonyl (C=O) groups excluding carboxylic acids is 1. The Morgan fingerprint density at radius 1 is 1.38 bits per heavy atom. The smallest absolute Gasteiger partial charge is 0.337 e. The molecule has 0 aliphatic rings. The van der Waals surface area contributed by atoms with Crippen molar-refractivity contribution in [3.63, 3.8) is 0 Å². The Hall–Kier alpha value is -0.940. The Morgan fingerprint density at radius 2 is 1.75 bits per heavy atom. The van der Waals surface area contributed by atoms with E-state index in [0.717, 1.165) is 0 Å². The zero-order valence-electron chi connectivity index (χ0n) is 3.36. The van der Waals surface area contributed by atoms with Gasteiger partial charge in [-0.2, -0.15) is 9.90 Å². The van der Waals surface area contributed by atoms with Gasteiger partial charge in [0.15, 0.2) is 0 Å². The summed E-state index contributed by atoms with van der Waals surface area (Å²) in [7, 11) is 0. The van der Waals surface area contributed by atoms with E-state index < -0.39 is 12.5 Å². The van der Waals surface area contributed by atoms with Crippen LogP contribution in [0.15, 0.2) is 0 Å². The minimum Gasteiger partial charge on any atom is -0.337 e. The average Bonchev–Trinajstić information content (AvgIpc) is 1.21. The van der Waals surface area contributed by atoms with Crippen LogP contribution in [0.1, 0.15) is 0 Å². The number of ether oxygens (including phenoxy) is 1.